The summed E-state index contributed by atoms with van der Waals surface area (Å²) in [5, 5.41) is 0. The van der Waals surface area contributed by atoms with Crippen LogP contribution >= 0.6 is 11.8 Å². The van der Waals surface area contributed by atoms with Crippen molar-refractivity contribution in [1.82, 2.24) is 19.9 Å². The molecule has 6 heteroatoms. The first-order chi connectivity index (χ1) is 7.22. The van der Waals surface area contributed by atoms with E-state index >= 15 is 0 Å². The quantitative estimate of drug-likeness (QED) is 0.823. The molecule has 2 aromatic rings. The topological polar surface area (TPSA) is 80.5 Å². The maximum absolute atomic E-state index is 5.59. The average molecular weight is 221 g/mol. The van der Waals surface area contributed by atoms with Gasteiger partial charge in [0.15, 0.2) is 5.65 Å². The summed E-state index contributed by atoms with van der Waals surface area (Å²) in [6, 6.07) is 0. The van der Waals surface area contributed by atoms with E-state index in [2.05, 4.69) is 33.4 Å². The molecule has 0 bridgehead atoms. The molecule has 0 aliphatic rings. The fraction of sp³-hybridized carbons (Fsp3) is 0.222. The van der Waals surface area contributed by atoms with Crippen LogP contribution in [0.1, 0.15) is 12.6 Å². The summed E-state index contributed by atoms with van der Waals surface area (Å²) in [7, 11) is 0. The van der Waals surface area contributed by atoms with E-state index in [9.17, 15) is 0 Å². The number of nitrogens with one attached hydrogen (secondary N) is 1. The molecule has 0 atom stereocenters. The van der Waals surface area contributed by atoms with Crippen molar-refractivity contribution in [2.45, 2.75) is 6.92 Å². The molecular weight excluding hydrogens is 210 g/mol. The number of nitrogens with two attached hydrogens (primary N) is 1. The highest BCUT2D eigenvalue weighted by atomic mass is 32.2. The number of anilines is 1. The third-order valence-corrected chi connectivity index (χ3v) is 2.72. The molecule has 0 aromatic carbocycles. The average Bonchev–Trinajstić information content (AvgIpc) is 2.64. The molecule has 0 fully saturated rings. The minimum absolute atomic E-state index is 0.224. The van der Waals surface area contributed by atoms with Gasteiger partial charge in [0, 0.05) is 4.91 Å². The first kappa shape index (κ1) is 9.97. The van der Waals surface area contributed by atoms with Gasteiger partial charge < -0.3 is 10.7 Å². The van der Waals surface area contributed by atoms with Crippen molar-refractivity contribution in [2.24, 2.45) is 0 Å². The van der Waals surface area contributed by atoms with Crippen LogP contribution in [0, 0.1) is 0 Å². The van der Waals surface area contributed by atoms with Crippen LogP contribution in [0.15, 0.2) is 12.9 Å². The summed E-state index contributed by atoms with van der Waals surface area (Å²) in [6.45, 7) is 6.01. The van der Waals surface area contributed by atoms with E-state index in [0.29, 0.717) is 5.65 Å². The second-order valence-electron chi connectivity index (χ2n) is 2.89. The van der Waals surface area contributed by atoms with Crippen LogP contribution in [-0.4, -0.2) is 25.7 Å². The molecule has 0 saturated carbocycles. The molecule has 0 amide bonds. The van der Waals surface area contributed by atoms with E-state index in [0.717, 1.165) is 21.9 Å². The van der Waals surface area contributed by atoms with E-state index in [-0.39, 0.29) is 5.95 Å². The Morgan fingerprint density at radius 3 is 3.13 bits per heavy atom. The monoisotopic (exact) mass is 221 g/mol. The van der Waals surface area contributed by atoms with Crippen molar-refractivity contribution in [3.63, 3.8) is 0 Å². The molecule has 0 unspecified atom stereocenters. The van der Waals surface area contributed by atoms with Crippen LogP contribution in [0.5, 0.6) is 0 Å². The Bertz CT molecular complexity index is 504. The van der Waals surface area contributed by atoms with Gasteiger partial charge in [0.05, 0.1) is 6.33 Å². The smallest absolute Gasteiger partial charge is 0.222 e. The van der Waals surface area contributed by atoms with Gasteiger partial charge in [-0.3, -0.25) is 0 Å². The number of rotatable bonds is 3. The highest BCUT2D eigenvalue weighted by Gasteiger charge is 2.10. The summed E-state index contributed by atoms with van der Waals surface area (Å²) in [6.07, 6.45) is 1.58. The van der Waals surface area contributed by atoms with Gasteiger partial charge in [0.25, 0.3) is 0 Å². The first-order valence-electron chi connectivity index (χ1n) is 4.51. The molecule has 2 aromatic heterocycles. The van der Waals surface area contributed by atoms with E-state index in [1.165, 1.54) is 0 Å². The molecule has 0 spiro atoms. The first-order valence-corrected chi connectivity index (χ1v) is 5.49. The number of hydrogen-bond acceptors (Lipinski definition) is 5. The van der Waals surface area contributed by atoms with Crippen LogP contribution in [-0.2, 0) is 0 Å². The molecule has 5 nitrogen and oxygen atoms in total. The fourth-order valence-electron chi connectivity index (χ4n) is 1.29. The largest absolute Gasteiger partial charge is 0.368 e. The summed E-state index contributed by atoms with van der Waals surface area (Å²) in [5.74, 6) is 1.17. The highest BCUT2D eigenvalue weighted by Crippen LogP contribution is 2.27. The number of imidazole rings is 1. The third kappa shape index (κ3) is 1.80. The normalized spacial score (nSPS) is 10.7. The van der Waals surface area contributed by atoms with Gasteiger partial charge in [-0.05, 0) is 5.75 Å². The number of nitrogens with zero attached hydrogens (tertiary/aromatic N) is 3. The van der Waals surface area contributed by atoms with Crippen molar-refractivity contribution < 1.29 is 0 Å². The zero-order chi connectivity index (χ0) is 10.8. The van der Waals surface area contributed by atoms with Gasteiger partial charge in [-0.25, -0.2) is 9.97 Å². The van der Waals surface area contributed by atoms with Crippen molar-refractivity contribution in [1.29, 1.82) is 0 Å². The SMILES string of the molecule is C=C(SCC)c1nc(N)nc2nc[nH]c12. The lowest BCUT2D eigenvalue weighted by Crippen LogP contribution is -1.99. The van der Waals surface area contributed by atoms with Crippen molar-refractivity contribution in [2.75, 3.05) is 11.5 Å². The number of H-pyrrole nitrogens is 1. The van der Waals surface area contributed by atoms with Crippen molar-refractivity contribution in [3.05, 3.63) is 18.6 Å². The van der Waals surface area contributed by atoms with Crippen LogP contribution < -0.4 is 5.73 Å². The van der Waals surface area contributed by atoms with Crippen molar-refractivity contribution in [3.8, 4) is 0 Å². The minimum Gasteiger partial charge on any atom is -0.368 e. The molecular formula is C9H11N5S. The van der Waals surface area contributed by atoms with Crippen molar-refractivity contribution >= 4 is 33.8 Å². The van der Waals surface area contributed by atoms with E-state index in [4.69, 9.17) is 5.73 Å². The molecule has 3 N–H and O–H groups in total. The van der Waals surface area contributed by atoms with Gasteiger partial charge in [-0.15, -0.1) is 11.8 Å². The number of aromatic nitrogens is 4. The maximum atomic E-state index is 5.59. The Hall–Kier alpha value is -1.56. The molecule has 15 heavy (non-hydrogen) atoms. The van der Waals surface area contributed by atoms with Gasteiger partial charge in [0.1, 0.15) is 11.2 Å². The summed E-state index contributed by atoms with van der Waals surface area (Å²) < 4.78 is 0. The van der Waals surface area contributed by atoms with Crippen LogP contribution in [0.25, 0.3) is 16.1 Å². The van der Waals surface area contributed by atoms with E-state index < -0.39 is 0 Å². The van der Waals surface area contributed by atoms with E-state index in [1.807, 2.05) is 0 Å². The molecule has 2 rings (SSSR count). The number of fused-ring (bicyclic) bond motifs is 1. The predicted molar refractivity (Wildman–Crippen MR) is 63.3 cm³/mol. The second kappa shape index (κ2) is 3.90. The van der Waals surface area contributed by atoms with Crippen LogP contribution in [0.3, 0.4) is 0 Å². The standard InChI is InChI=1S/C9H11N5S/c1-3-15-5(2)6-7-8(12-4-11-7)14-9(10)13-6/h4H,2-3H2,1H3,(H3,10,11,12,13,14). The Kier molecular flexibility index (Phi) is 2.59. The number of hydrogen-bond donors (Lipinski definition) is 2. The lowest BCUT2D eigenvalue weighted by molar-refractivity contribution is 1.20. The van der Waals surface area contributed by atoms with Gasteiger partial charge in [0.2, 0.25) is 5.95 Å². The molecule has 0 radical (unpaired) electrons. The molecule has 0 aliphatic carbocycles. The summed E-state index contributed by atoms with van der Waals surface area (Å²) in [4.78, 5) is 16.1. The molecule has 0 saturated heterocycles. The zero-order valence-electron chi connectivity index (χ0n) is 8.32. The van der Waals surface area contributed by atoms with E-state index in [1.54, 1.807) is 18.1 Å². The number of thioether (sulfide) groups is 1. The van der Waals surface area contributed by atoms with Crippen LogP contribution in [0.2, 0.25) is 0 Å². The Balaban J connectivity index is 2.57. The third-order valence-electron chi connectivity index (χ3n) is 1.89. The Labute approximate surface area is 91.2 Å². The summed E-state index contributed by atoms with van der Waals surface area (Å²) in [5.41, 5.74) is 7.70. The predicted octanol–water partition coefficient (Wildman–Crippen LogP) is 1.66. The number of nitrogen functional groups attached to an aromatic ring is 1. The zero-order valence-corrected chi connectivity index (χ0v) is 9.14. The Morgan fingerprint density at radius 2 is 2.40 bits per heavy atom. The lowest BCUT2D eigenvalue weighted by atomic mass is 10.3. The van der Waals surface area contributed by atoms with Crippen LogP contribution in [0.4, 0.5) is 5.95 Å². The van der Waals surface area contributed by atoms with Gasteiger partial charge >= 0.3 is 0 Å². The molecule has 2 heterocycles. The molecule has 0 aliphatic heterocycles. The lowest BCUT2D eigenvalue weighted by Gasteiger charge is -2.04. The molecule has 78 valence electrons. The van der Waals surface area contributed by atoms with Gasteiger partial charge in [-0.1, -0.05) is 13.5 Å². The fourth-order valence-corrected chi connectivity index (χ4v) is 1.93. The summed E-state index contributed by atoms with van der Waals surface area (Å²) >= 11 is 1.62. The maximum Gasteiger partial charge on any atom is 0.222 e. The minimum atomic E-state index is 0.224. The number of aromatic amines is 1. The van der Waals surface area contributed by atoms with Gasteiger partial charge in [-0.2, -0.15) is 4.98 Å². The highest BCUT2D eigenvalue weighted by molar-refractivity contribution is 8.08. The second-order valence-corrected chi connectivity index (χ2v) is 4.25. The Morgan fingerprint density at radius 1 is 1.60 bits per heavy atom.